The van der Waals surface area contributed by atoms with Gasteiger partial charge in [0.25, 0.3) is 11.5 Å². The van der Waals surface area contributed by atoms with Crippen molar-refractivity contribution in [3.8, 4) is 28.8 Å². The Bertz CT molecular complexity index is 2100. The second-order valence-corrected chi connectivity index (χ2v) is 11.1. The third-order valence-corrected chi connectivity index (χ3v) is 7.68. The van der Waals surface area contributed by atoms with Crippen LogP contribution >= 0.6 is 0 Å². The second kappa shape index (κ2) is 13.7. The van der Waals surface area contributed by atoms with E-state index in [9.17, 15) is 37.9 Å². The Kier molecular flexibility index (Phi) is 9.47. The number of amides is 1. The summed E-state index contributed by atoms with van der Waals surface area (Å²) >= 11 is 0. The van der Waals surface area contributed by atoms with Crippen LogP contribution in [0.15, 0.2) is 108 Å². The van der Waals surface area contributed by atoms with Gasteiger partial charge in [-0.15, -0.1) is 0 Å². The van der Waals surface area contributed by atoms with Crippen LogP contribution in [0, 0.1) is 25.2 Å². The molecule has 0 aliphatic rings. The van der Waals surface area contributed by atoms with Crippen LogP contribution in [0.25, 0.3) is 11.3 Å². The van der Waals surface area contributed by atoms with Crippen LogP contribution in [0.4, 0.5) is 13.2 Å². The minimum absolute atomic E-state index is 0.0390. The van der Waals surface area contributed by atoms with E-state index in [0.29, 0.717) is 11.1 Å². The summed E-state index contributed by atoms with van der Waals surface area (Å²) in [6.45, 7) is 3.67. The number of nitrogens with one attached hydrogen (secondary N) is 1. The Hall–Kier alpha value is -6.15. The quantitative estimate of drug-likeness (QED) is 0.171. The summed E-state index contributed by atoms with van der Waals surface area (Å²) in [5.41, 5.74) is -0.0837. The molecular formula is C37H28F3N3O5. The zero-order valence-corrected chi connectivity index (χ0v) is 25.7. The number of carbonyl (C=O) groups is 2. The summed E-state index contributed by atoms with van der Waals surface area (Å²) < 4.78 is 49.0. The van der Waals surface area contributed by atoms with Crippen molar-refractivity contribution in [2.45, 2.75) is 32.6 Å². The van der Waals surface area contributed by atoms with Gasteiger partial charge in [-0.05, 0) is 84.6 Å². The van der Waals surface area contributed by atoms with Crippen molar-refractivity contribution in [2.24, 2.45) is 0 Å². The number of halogens is 3. The summed E-state index contributed by atoms with van der Waals surface area (Å²) in [5.74, 6) is -1.36. The molecule has 0 saturated heterocycles. The molecule has 8 nitrogen and oxygen atoms in total. The average Bonchev–Trinajstić information content (AvgIpc) is 3.05. The van der Waals surface area contributed by atoms with E-state index in [1.54, 1.807) is 48.5 Å². The Labute approximate surface area is 273 Å². The Morgan fingerprint density at radius 3 is 2.25 bits per heavy atom. The highest BCUT2D eigenvalue weighted by Crippen LogP contribution is 2.35. The van der Waals surface area contributed by atoms with Gasteiger partial charge in [-0.3, -0.25) is 9.59 Å². The molecule has 0 aliphatic carbocycles. The molecule has 11 heteroatoms. The first-order valence-corrected chi connectivity index (χ1v) is 14.6. The van der Waals surface area contributed by atoms with Crippen LogP contribution in [0.1, 0.15) is 49.8 Å². The van der Waals surface area contributed by atoms with E-state index in [-0.39, 0.29) is 34.9 Å². The monoisotopic (exact) mass is 651 g/mol. The number of nitrogens with zero attached hydrogens (tertiary/aromatic N) is 2. The molecule has 0 radical (unpaired) electrons. The summed E-state index contributed by atoms with van der Waals surface area (Å²) in [6, 6.07) is 26.7. The smallest absolute Gasteiger partial charge is 0.417 e. The van der Waals surface area contributed by atoms with Gasteiger partial charge in [0.05, 0.1) is 17.8 Å². The van der Waals surface area contributed by atoms with Gasteiger partial charge >= 0.3 is 12.1 Å². The van der Waals surface area contributed by atoms with Gasteiger partial charge in [-0.2, -0.15) is 18.4 Å². The molecule has 1 amide bonds. The van der Waals surface area contributed by atoms with Crippen molar-refractivity contribution >= 4 is 11.9 Å². The molecule has 0 unspecified atom stereocenters. The molecule has 242 valence electrons. The molecule has 2 N–H and O–H groups in total. The van der Waals surface area contributed by atoms with E-state index in [0.717, 1.165) is 21.8 Å². The van der Waals surface area contributed by atoms with Gasteiger partial charge in [0, 0.05) is 5.56 Å². The number of rotatable bonds is 9. The molecule has 1 aromatic heterocycles. The Morgan fingerprint density at radius 1 is 0.917 bits per heavy atom. The molecular weight excluding hydrogens is 623 g/mol. The van der Waals surface area contributed by atoms with Crippen molar-refractivity contribution in [3.63, 3.8) is 0 Å². The highest BCUT2D eigenvalue weighted by molar-refractivity contribution is 5.97. The van der Waals surface area contributed by atoms with Crippen LogP contribution in [0.5, 0.6) is 11.5 Å². The van der Waals surface area contributed by atoms with Crippen molar-refractivity contribution in [1.29, 1.82) is 5.26 Å². The summed E-state index contributed by atoms with van der Waals surface area (Å²) in [5, 5.41) is 21.7. The average molecular weight is 652 g/mol. The standard InChI is InChI=1S/C37H28F3N3O5/c1-22-11-12-27(23(2)17-22)21-43-32(19-31(37(38,39)40)30(20-41)35(43)45)24-13-15-28(16-14-24)48-29-10-6-9-26(18-29)34(44)42-33(36(46)47)25-7-4-3-5-8-25/h3-19,33H,21H2,1-2H3,(H,42,44)(H,46,47)/t33-/m0/s1. The minimum Gasteiger partial charge on any atom is -0.479 e. The van der Waals surface area contributed by atoms with Crippen LogP contribution in [0.2, 0.25) is 0 Å². The first-order chi connectivity index (χ1) is 22.8. The van der Waals surface area contributed by atoms with E-state index in [4.69, 9.17) is 4.74 Å². The van der Waals surface area contributed by atoms with Crippen molar-refractivity contribution in [1.82, 2.24) is 9.88 Å². The summed E-state index contributed by atoms with van der Waals surface area (Å²) in [7, 11) is 0. The van der Waals surface area contributed by atoms with Gasteiger partial charge in [-0.25, -0.2) is 4.79 Å². The van der Waals surface area contributed by atoms with E-state index in [1.165, 1.54) is 42.5 Å². The topological polar surface area (TPSA) is 121 Å². The van der Waals surface area contributed by atoms with Crippen molar-refractivity contribution in [2.75, 3.05) is 0 Å². The maximum Gasteiger partial charge on any atom is 0.417 e. The zero-order valence-electron chi connectivity index (χ0n) is 25.7. The number of carboxylic acids is 1. The fourth-order valence-corrected chi connectivity index (χ4v) is 5.25. The molecule has 0 aliphatic heterocycles. The number of benzene rings is 4. The van der Waals surface area contributed by atoms with Crippen LogP contribution < -0.4 is 15.6 Å². The van der Waals surface area contributed by atoms with Crippen LogP contribution in [0.3, 0.4) is 0 Å². The highest BCUT2D eigenvalue weighted by Gasteiger charge is 2.36. The first-order valence-electron chi connectivity index (χ1n) is 14.6. The summed E-state index contributed by atoms with van der Waals surface area (Å²) in [6.07, 6.45) is -4.94. The number of alkyl halides is 3. The molecule has 1 heterocycles. The van der Waals surface area contributed by atoms with E-state index < -0.39 is 40.8 Å². The van der Waals surface area contributed by atoms with Crippen LogP contribution in [-0.4, -0.2) is 21.6 Å². The molecule has 1 atom stereocenters. The zero-order chi connectivity index (χ0) is 34.6. The number of nitriles is 1. The highest BCUT2D eigenvalue weighted by atomic mass is 19.4. The van der Waals surface area contributed by atoms with Crippen LogP contribution in [-0.2, 0) is 17.5 Å². The molecule has 5 aromatic rings. The lowest BCUT2D eigenvalue weighted by Gasteiger charge is -2.19. The Balaban J connectivity index is 1.44. The third-order valence-electron chi connectivity index (χ3n) is 7.68. The second-order valence-electron chi connectivity index (χ2n) is 11.1. The largest absolute Gasteiger partial charge is 0.479 e. The van der Waals surface area contributed by atoms with Crippen molar-refractivity contribution in [3.05, 3.63) is 152 Å². The fourth-order valence-electron chi connectivity index (χ4n) is 5.25. The van der Waals surface area contributed by atoms with E-state index >= 15 is 0 Å². The lowest BCUT2D eigenvalue weighted by Crippen LogP contribution is -2.33. The lowest BCUT2D eigenvalue weighted by molar-refractivity contribution is -0.139. The van der Waals surface area contributed by atoms with Gasteiger partial charge < -0.3 is 19.7 Å². The maximum absolute atomic E-state index is 14.0. The SMILES string of the molecule is Cc1ccc(Cn2c(-c3ccc(Oc4cccc(C(=O)N[C@H](C(=O)O)c5ccccc5)c4)cc3)cc(C(F)(F)F)c(C#N)c2=O)c(C)c1. The predicted octanol–water partition coefficient (Wildman–Crippen LogP) is 7.42. The van der Waals surface area contributed by atoms with Crippen molar-refractivity contribution < 1.29 is 32.6 Å². The number of aliphatic carboxylic acids is 1. The number of hydrogen-bond acceptors (Lipinski definition) is 5. The molecule has 0 saturated carbocycles. The molecule has 48 heavy (non-hydrogen) atoms. The van der Waals surface area contributed by atoms with Gasteiger partial charge in [0.15, 0.2) is 6.04 Å². The number of pyridine rings is 1. The Morgan fingerprint density at radius 2 is 1.62 bits per heavy atom. The molecule has 0 spiro atoms. The number of ether oxygens (including phenoxy) is 1. The normalized spacial score (nSPS) is 11.8. The number of aromatic nitrogens is 1. The molecule has 0 bridgehead atoms. The van der Waals surface area contributed by atoms with Gasteiger partial charge in [0.1, 0.15) is 23.1 Å². The minimum atomic E-state index is -4.94. The number of carbonyl (C=O) groups excluding carboxylic acids is 1. The number of aryl methyl sites for hydroxylation is 2. The van der Waals surface area contributed by atoms with E-state index in [2.05, 4.69) is 5.32 Å². The number of carboxylic acid groups (broad SMARTS) is 1. The van der Waals surface area contributed by atoms with Gasteiger partial charge in [-0.1, -0.05) is 60.2 Å². The molecule has 4 aromatic carbocycles. The molecule has 5 rings (SSSR count). The molecule has 0 fully saturated rings. The maximum atomic E-state index is 14.0. The fraction of sp³-hybridized carbons (Fsp3) is 0.135. The van der Waals surface area contributed by atoms with Gasteiger partial charge in [0.2, 0.25) is 0 Å². The van der Waals surface area contributed by atoms with E-state index in [1.807, 2.05) is 26.0 Å². The third kappa shape index (κ3) is 7.29. The first kappa shape index (κ1) is 33.2. The summed E-state index contributed by atoms with van der Waals surface area (Å²) in [4.78, 5) is 38.2. The lowest BCUT2D eigenvalue weighted by atomic mass is 10.0. The number of hydrogen-bond donors (Lipinski definition) is 2. The predicted molar refractivity (Wildman–Crippen MR) is 172 cm³/mol.